The molecule has 0 saturated carbocycles. The smallest absolute Gasteiger partial charge is 0.409 e. The van der Waals surface area contributed by atoms with Crippen LogP contribution in [0.3, 0.4) is 0 Å². The van der Waals surface area contributed by atoms with Crippen LogP contribution in [0, 0.1) is 0 Å². The van der Waals surface area contributed by atoms with Crippen molar-refractivity contribution in [2.75, 3.05) is 38.5 Å². The molecule has 2 heterocycles. The SMILES string of the molecule is CCCCCn1c(SCC(=O)c2ccccc2)nc2cc(C(=O)N3CCN(C(=O)OCC)CC3)ccc2c1=O. The molecule has 0 aliphatic carbocycles. The van der Waals surface area contributed by atoms with Gasteiger partial charge in [-0.1, -0.05) is 61.9 Å². The predicted molar refractivity (Wildman–Crippen MR) is 152 cm³/mol. The summed E-state index contributed by atoms with van der Waals surface area (Å²) < 4.78 is 6.70. The van der Waals surface area contributed by atoms with Crippen molar-refractivity contribution in [3.8, 4) is 0 Å². The van der Waals surface area contributed by atoms with E-state index in [2.05, 4.69) is 6.92 Å². The van der Waals surface area contributed by atoms with E-state index in [4.69, 9.17) is 9.72 Å². The predicted octanol–water partition coefficient (Wildman–Crippen LogP) is 4.48. The van der Waals surface area contributed by atoms with Crippen molar-refractivity contribution >= 4 is 40.4 Å². The van der Waals surface area contributed by atoms with E-state index in [0.717, 1.165) is 19.3 Å². The van der Waals surface area contributed by atoms with Gasteiger partial charge in [0.2, 0.25) is 0 Å². The summed E-state index contributed by atoms with van der Waals surface area (Å²) in [5.74, 6) is -0.0669. The minimum absolute atomic E-state index is 0.0408. The van der Waals surface area contributed by atoms with Crippen molar-refractivity contribution < 1.29 is 19.1 Å². The first-order valence-corrected chi connectivity index (χ1v) is 14.4. The summed E-state index contributed by atoms with van der Waals surface area (Å²) in [5, 5.41) is 0.912. The molecule has 3 aromatic rings. The zero-order valence-corrected chi connectivity index (χ0v) is 23.2. The number of thioether (sulfide) groups is 1. The number of carbonyl (C=O) groups is 3. The van der Waals surface area contributed by atoms with Crippen LogP contribution in [0.25, 0.3) is 10.9 Å². The van der Waals surface area contributed by atoms with Crippen molar-refractivity contribution in [2.24, 2.45) is 0 Å². The van der Waals surface area contributed by atoms with Gasteiger partial charge in [-0.05, 0) is 31.5 Å². The molecule has 1 aliphatic rings. The van der Waals surface area contributed by atoms with Crippen molar-refractivity contribution in [1.29, 1.82) is 0 Å². The first kappa shape index (κ1) is 28.4. The van der Waals surface area contributed by atoms with Crippen LogP contribution in [0.15, 0.2) is 58.5 Å². The van der Waals surface area contributed by atoms with Crippen molar-refractivity contribution in [2.45, 2.75) is 44.8 Å². The van der Waals surface area contributed by atoms with E-state index >= 15 is 0 Å². The lowest BCUT2D eigenvalue weighted by Gasteiger charge is -2.34. The van der Waals surface area contributed by atoms with E-state index in [1.54, 1.807) is 51.6 Å². The number of carbonyl (C=O) groups excluding carboxylic acids is 3. The summed E-state index contributed by atoms with van der Waals surface area (Å²) in [6.07, 6.45) is 2.46. The monoisotopic (exact) mass is 550 g/mol. The molecule has 39 heavy (non-hydrogen) atoms. The first-order valence-electron chi connectivity index (χ1n) is 13.4. The molecule has 1 aromatic heterocycles. The van der Waals surface area contributed by atoms with Crippen LogP contribution in [0.5, 0.6) is 0 Å². The van der Waals surface area contributed by atoms with E-state index < -0.39 is 0 Å². The van der Waals surface area contributed by atoms with Crippen molar-refractivity contribution in [3.05, 3.63) is 70.0 Å². The minimum Gasteiger partial charge on any atom is -0.450 e. The van der Waals surface area contributed by atoms with Gasteiger partial charge < -0.3 is 14.5 Å². The Labute approximate surface area is 232 Å². The molecular formula is C29H34N4O5S. The molecule has 4 rings (SSSR count). The molecule has 206 valence electrons. The minimum atomic E-state index is -0.370. The molecule has 1 saturated heterocycles. The highest BCUT2D eigenvalue weighted by Crippen LogP contribution is 2.22. The number of ether oxygens (including phenoxy) is 1. The maximum Gasteiger partial charge on any atom is 0.409 e. The highest BCUT2D eigenvalue weighted by atomic mass is 32.2. The summed E-state index contributed by atoms with van der Waals surface area (Å²) in [6.45, 7) is 6.27. The molecule has 1 aliphatic heterocycles. The fourth-order valence-electron chi connectivity index (χ4n) is 4.49. The Morgan fingerprint density at radius 1 is 0.923 bits per heavy atom. The third kappa shape index (κ3) is 6.86. The Balaban J connectivity index is 1.57. The lowest BCUT2D eigenvalue weighted by Crippen LogP contribution is -2.50. The van der Waals surface area contributed by atoms with Crippen LogP contribution in [-0.2, 0) is 11.3 Å². The van der Waals surface area contributed by atoms with Crippen LogP contribution < -0.4 is 5.56 Å². The summed E-state index contributed by atoms with van der Waals surface area (Å²) in [5.41, 5.74) is 1.30. The molecule has 2 amide bonds. The average Bonchev–Trinajstić information content (AvgIpc) is 2.97. The van der Waals surface area contributed by atoms with Crippen LogP contribution in [0.2, 0.25) is 0 Å². The fraction of sp³-hybridized carbons (Fsp3) is 0.414. The maximum absolute atomic E-state index is 13.5. The van der Waals surface area contributed by atoms with Gasteiger partial charge in [-0.2, -0.15) is 0 Å². The summed E-state index contributed by atoms with van der Waals surface area (Å²) in [7, 11) is 0. The summed E-state index contributed by atoms with van der Waals surface area (Å²) in [6, 6.07) is 14.0. The number of ketones is 1. The molecule has 0 atom stereocenters. The number of aromatic nitrogens is 2. The van der Waals surface area contributed by atoms with E-state index in [1.165, 1.54) is 11.8 Å². The van der Waals surface area contributed by atoms with Gasteiger partial charge in [-0.3, -0.25) is 19.0 Å². The zero-order valence-electron chi connectivity index (χ0n) is 22.4. The normalized spacial score (nSPS) is 13.5. The van der Waals surface area contributed by atoms with E-state index in [1.807, 2.05) is 18.2 Å². The van der Waals surface area contributed by atoms with Gasteiger partial charge >= 0.3 is 6.09 Å². The zero-order chi connectivity index (χ0) is 27.8. The Kier molecular flexibility index (Phi) is 9.75. The lowest BCUT2D eigenvalue weighted by molar-refractivity contribution is 0.0570. The lowest BCUT2D eigenvalue weighted by atomic mass is 10.1. The Morgan fingerprint density at radius 2 is 1.64 bits per heavy atom. The molecular weight excluding hydrogens is 516 g/mol. The quantitative estimate of drug-likeness (QED) is 0.159. The van der Waals surface area contributed by atoms with Crippen molar-refractivity contribution in [3.63, 3.8) is 0 Å². The molecule has 9 nitrogen and oxygen atoms in total. The van der Waals surface area contributed by atoms with Gasteiger partial charge in [0.1, 0.15) is 0 Å². The number of piperazine rings is 1. The standard InChI is InChI=1S/C29H34N4O5S/c1-3-5-9-14-33-27(36)23-13-12-22(26(35)31-15-17-32(18-16-31)29(37)38-4-2)19-24(23)30-28(33)39-20-25(34)21-10-7-6-8-11-21/h6-8,10-13,19H,3-5,9,14-18,20H2,1-2H3. The van der Waals surface area contributed by atoms with Crippen LogP contribution in [0.4, 0.5) is 4.79 Å². The van der Waals surface area contributed by atoms with Crippen LogP contribution in [-0.4, -0.2) is 75.7 Å². The number of fused-ring (bicyclic) bond motifs is 1. The Bertz CT molecular complexity index is 1380. The molecule has 0 unspecified atom stereocenters. The van der Waals surface area contributed by atoms with Gasteiger partial charge in [0.25, 0.3) is 11.5 Å². The van der Waals surface area contributed by atoms with Crippen molar-refractivity contribution in [1.82, 2.24) is 19.4 Å². The van der Waals surface area contributed by atoms with Gasteiger partial charge in [0.05, 0.1) is 23.3 Å². The molecule has 0 bridgehead atoms. The largest absolute Gasteiger partial charge is 0.450 e. The number of nitrogens with zero attached hydrogens (tertiary/aromatic N) is 4. The highest BCUT2D eigenvalue weighted by molar-refractivity contribution is 7.99. The second-order valence-electron chi connectivity index (χ2n) is 9.35. The topological polar surface area (TPSA) is 102 Å². The summed E-state index contributed by atoms with van der Waals surface area (Å²) in [4.78, 5) is 59.5. The molecule has 1 fully saturated rings. The summed E-state index contributed by atoms with van der Waals surface area (Å²) >= 11 is 1.24. The van der Waals surface area contributed by atoms with E-state index in [0.29, 0.717) is 66.5 Å². The van der Waals surface area contributed by atoms with Gasteiger partial charge in [0, 0.05) is 43.9 Å². The molecule has 2 aromatic carbocycles. The number of hydrogen-bond donors (Lipinski definition) is 0. The second-order valence-corrected chi connectivity index (χ2v) is 10.3. The highest BCUT2D eigenvalue weighted by Gasteiger charge is 2.26. The van der Waals surface area contributed by atoms with Gasteiger partial charge in [-0.15, -0.1) is 0 Å². The third-order valence-corrected chi connectivity index (χ3v) is 7.65. The Hall–Kier alpha value is -3.66. The number of hydrogen-bond acceptors (Lipinski definition) is 7. The van der Waals surface area contributed by atoms with Crippen LogP contribution >= 0.6 is 11.8 Å². The number of benzene rings is 2. The average molecular weight is 551 g/mol. The number of Topliss-reactive ketones (excluding diaryl/α,β-unsaturated/α-hetero) is 1. The maximum atomic E-state index is 13.5. The molecule has 0 spiro atoms. The molecule has 0 radical (unpaired) electrons. The van der Waals surface area contributed by atoms with E-state index in [-0.39, 0.29) is 29.1 Å². The fourth-order valence-corrected chi connectivity index (χ4v) is 5.41. The number of amides is 2. The molecule has 0 N–H and O–H groups in total. The van der Waals surface area contributed by atoms with Gasteiger partial charge in [-0.25, -0.2) is 9.78 Å². The number of unbranched alkanes of at least 4 members (excludes halogenated alkanes) is 2. The first-order chi connectivity index (χ1) is 18.9. The third-order valence-electron chi connectivity index (χ3n) is 6.67. The Morgan fingerprint density at radius 3 is 2.33 bits per heavy atom. The van der Waals surface area contributed by atoms with E-state index in [9.17, 15) is 19.2 Å². The number of rotatable bonds is 10. The molecule has 10 heteroatoms. The second kappa shape index (κ2) is 13.4. The van der Waals surface area contributed by atoms with Gasteiger partial charge in [0.15, 0.2) is 10.9 Å². The van der Waals surface area contributed by atoms with Crippen LogP contribution in [0.1, 0.15) is 53.8 Å².